The van der Waals surface area contributed by atoms with Crippen LogP contribution in [0.3, 0.4) is 0 Å². The average Bonchev–Trinajstić information content (AvgIpc) is 2.78. The summed E-state index contributed by atoms with van der Waals surface area (Å²) in [4.78, 5) is 20.4. The largest absolute Gasteiger partial charge is 0.379 e. The quantitative estimate of drug-likeness (QED) is 0.581. The number of fused-ring (bicyclic) bond motifs is 1. The molecule has 3 aromatic rings. The lowest BCUT2D eigenvalue weighted by Gasteiger charge is -2.26. The fourth-order valence-electron chi connectivity index (χ4n) is 4.18. The number of morpholine rings is 1. The van der Waals surface area contributed by atoms with E-state index in [4.69, 9.17) is 9.72 Å². The van der Waals surface area contributed by atoms with Crippen molar-refractivity contribution in [1.82, 2.24) is 15.2 Å². The topological polar surface area (TPSA) is 54.5 Å². The predicted molar refractivity (Wildman–Crippen MR) is 125 cm³/mol. The molecule has 1 N–H and O–H groups in total. The zero-order chi connectivity index (χ0) is 21.6. The van der Waals surface area contributed by atoms with E-state index in [1.54, 1.807) is 0 Å². The Morgan fingerprint density at radius 1 is 1.06 bits per heavy atom. The highest BCUT2D eigenvalue weighted by Crippen LogP contribution is 2.27. The number of hydrogen-bond acceptors (Lipinski definition) is 4. The van der Waals surface area contributed by atoms with Crippen molar-refractivity contribution in [2.24, 2.45) is 0 Å². The number of aryl methyl sites for hydroxylation is 2. The number of rotatable bonds is 7. The molecule has 1 saturated heterocycles. The SMILES string of the molecule is Cc1ccc(-c2cc(C(=O)NCCCCN3CCOCC3)c3ccccc3n2)c(C)c1. The van der Waals surface area contributed by atoms with Gasteiger partial charge in [0.05, 0.1) is 30.0 Å². The maximum absolute atomic E-state index is 13.1. The van der Waals surface area contributed by atoms with Gasteiger partial charge in [0.1, 0.15) is 0 Å². The van der Waals surface area contributed by atoms with Crippen LogP contribution in [0.2, 0.25) is 0 Å². The number of carbonyl (C=O) groups excluding carboxylic acids is 1. The summed E-state index contributed by atoms with van der Waals surface area (Å²) in [6.07, 6.45) is 2.04. The van der Waals surface area contributed by atoms with Crippen LogP contribution in [0.4, 0.5) is 0 Å². The van der Waals surface area contributed by atoms with Gasteiger partial charge in [-0.05, 0) is 50.9 Å². The van der Waals surface area contributed by atoms with Gasteiger partial charge in [-0.1, -0.05) is 42.0 Å². The lowest BCUT2D eigenvalue weighted by molar-refractivity contribution is 0.0372. The van der Waals surface area contributed by atoms with E-state index >= 15 is 0 Å². The number of nitrogens with one attached hydrogen (secondary N) is 1. The molecule has 31 heavy (non-hydrogen) atoms. The Labute approximate surface area is 184 Å². The number of pyridine rings is 1. The van der Waals surface area contributed by atoms with Gasteiger partial charge in [-0.2, -0.15) is 0 Å². The normalized spacial score (nSPS) is 14.6. The summed E-state index contributed by atoms with van der Waals surface area (Å²) in [7, 11) is 0. The maximum Gasteiger partial charge on any atom is 0.252 e. The highest BCUT2D eigenvalue weighted by atomic mass is 16.5. The minimum Gasteiger partial charge on any atom is -0.379 e. The van der Waals surface area contributed by atoms with Gasteiger partial charge in [0.2, 0.25) is 0 Å². The minimum atomic E-state index is -0.0315. The van der Waals surface area contributed by atoms with Crippen molar-refractivity contribution in [3.8, 4) is 11.3 Å². The summed E-state index contributed by atoms with van der Waals surface area (Å²) in [6.45, 7) is 9.60. The molecule has 0 spiro atoms. The van der Waals surface area contributed by atoms with Crippen LogP contribution in [-0.2, 0) is 4.74 Å². The smallest absolute Gasteiger partial charge is 0.252 e. The van der Waals surface area contributed by atoms with Gasteiger partial charge in [-0.15, -0.1) is 0 Å². The predicted octanol–water partition coefficient (Wildman–Crippen LogP) is 4.36. The van der Waals surface area contributed by atoms with E-state index in [0.717, 1.165) is 73.4 Å². The molecule has 1 amide bonds. The first-order valence-electron chi connectivity index (χ1n) is 11.2. The average molecular weight is 418 g/mol. The van der Waals surface area contributed by atoms with Crippen molar-refractivity contribution >= 4 is 16.8 Å². The lowest BCUT2D eigenvalue weighted by Crippen LogP contribution is -2.37. The van der Waals surface area contributed by atoms with E-state index < -0.39 is 0 Å². The van der Waals surface area contributed by atoms with E-state index in [1.807, 2.05) is 30.3 Å². The van der Waals surface area contributed by atoms with Gasteiger partial charge in [0, 0.05) is 30.6 Å². The van der Waals surface area contributed by atoms with Gasteiger partial charge in [-0.3, -0.25) is 9.69 Å². The third kappa shape index (κ3) is 5.30. The second kappa shape index (κ2) is 10.0. The molecule has 5 heteroatoms. The molecule has 0 bridgehead atoms. The Hall–Kier alpha value is -2.76. The molecule has 0 aliphatic carbocycles. The van der Waals surface area contributed by atoms with Crippen LogP contribution in [0.25, 0.3) is 22.2 Å². The molecular formula is C26H31N3O2. The van der Waals surface area contributed by atoms with Crippen LogP contribution >= 0.6 is 0 Å². The number of ether oxygens (including phenoxy) is 1. The van der Waals surface area contributed by atoms with Crippen molar-refractivity contribution < 1.29 is 9.53 Å². The van der Waals surface area contributed by atoms with E-state index in [9.17, 15) is 4.79 Å². The highest BCUT2D eigenvalue weighted by molar-refractivity contribution is 6.07. The summed E-state index contributed by atoms with van der Waals surface area (Å²) in [5, 5.41) is 4.01. The number of nitrogens with zero attached hydrogens (tertiary/aromatic N) is 2. The molecule has 2 heterocycles. The Balaban J connectivity index is 1.47. The van der Waals surface area contributed by atoms with Crippen LogP contribution in [0.15, 0.2) is 48.5 Å². The van der Waals surface area contributed by atoms with Crippen molar-refractivity contribution in [2.75, 3.05) is 39.4 Å². The van der Waals surface area contributed by atoms with Gasteiger partial charge in [0.25, 0.3) is 5.91 Å². The maximum atomic E-state index is 13.1. The Morgan fingerprint density at radius 2 is 1.87 bits per heavy atom. The third-order valence-electron chi connectivity index (χ3n) is 5.91. The van der Waals surface area contributed by atoms with Gasteiger partial charge >= 0.3 is 0 Å². The van der Waals surface area contributed by atoms with Crippen LogP contribution in [-0.4, -0.2) is 55.2 Å². The monoisotopic (exact) mass is 417 g/mol. The molecule has 0 unspecified atom stereocenters. The van der Waals surface area contributed by atoms with Crippen molar-refractivity contribution in [3.05, 3.63) is 65.2 Å². The Morgan fingerprint density at radius 3 is 2.68 bits per heavy atom. The summed E-state index contributed by atoms with van der Waals surface area (Å²) < 4.78 is 5.39. The number of amides is 1. The van der Waals surface area contributed by atoms with E-state index in [1.165, 1.54) is 5.56 Å². The first kappa shape index (κ1) is 21.5. The molecule has 4 rings (SSSR count). The number of aromatic nitrogens is 1. The molecule has 1 fully saturated rings. The first-order chi connectivity index (χ1) is 15.1. The van der Waals surface area contributed by atoms with Crippen LogP contribution in [0.5, 0.6) is 0 Å². The highest BCUT2D eigenvalue weighted by Gasteiger charge is 2.15. The molecule has 162 valence electrons. The number of para-hydroxylation sites is 1. The van der Waals surface area contributed by atoms with Crippen molar-refractivity contribution in [3.63, 3.8) is 0 Å². The summed E-state index contributed by atoms with van der Waals surface area (Å²) in [6, 6.07) is 16.1. The fraction of sp³-hybridized carbons (Fsp3) is 0.385. The zero-order valence-corrected chi connectivity index (χ0v) is 18.5. The number of unbranched alkanes of at least 4 members (excludes halogenated alkanes) is 1. The Bertz CT molecular complexity index is 1060. The third-order valence-corrected chi connectivity index (χ3v) is 5.91. The molecule has 1 aliphatic rings. The molecule has 0 saturated carbocycles. The van der Waals surface area contributed by atoms with Gasteiger partial charge in [0.15, 0.2) is 0 Å². The minimum absolute atomic E-state index is 0.0315. The molecule has 0 atom stereocenters. The zero-order valence-electron chi connectivity index (χ0n) is 18.5. The summed E-state index contributed by atoms with van der Waals surface area (Å²) in [5.74, 6) is -0.0315. The second-order valence-electron chi connectivity index (χ2n) is 8.31. The lowest BCUT2D eigenvalue weighted by atomic mass is 9.99. The Kier molecular flexibility index (Phi) is 6.95. The second-order valence-corrected chi connectivity index (χ2v) is 8.31. The molecule has 1 aromatic heterocycles. The standard InChI is InChI=1S/C26H31N3O2/c1-19-9-10-21(20(2)17-19)25-18-23(22-7-3-4-8-24(22)28-25)26(30)27-11-5-6-12-29-13-15-31-16-14-29/h3-4,7-10,17-18H,5-6,11-16H2,1-2H3,(H,27,30). The first-order valence-corrected chi connectivity index (χ1v) is 11.2. The van der Waals surface area contributed by atoms with Gasteiger partial charge in [-0.25, -0.2) is 4.98 Å². The van der Waals surface area contributed by atoms with E-state index in [0.29, 0.717) is 12.1 Å². The van der Waals surface area contributed by atoms with Crippen LogP contribution in [0, 0.1) is 13.8 Å². The van der Waals surface area contributed by atoms with Crippen molar-refractivity contribution in [1.29, 1.82) is 0 Å². The van der Waals surface area contributed by atoms with Crippen LogP contribution in [0.1, 0.15) is 34.3 Å². The number of benzene rings is 2. The van der Waals surface area contributed by atoms with Gasteiger partial charge < -0.3 is 10.1 Å². The van der Waals surface area contributed by atoms with Crippen LogP contribution < -0.4 is 5.32 Å². The summed E-state index contributed by atoms with van der Waals surface area (Å²) in [5.41, 5.74) is 5.82. The molecule has 2 aromatic carbocycles. The number of carbonyl (C=O) groups is 1. The summed E-state index contributed by atoms with van der Waals surface area (Å²) >= 11 is 0. The van der Waals surface area contributed by atoms with Crippen molar-refractivity contribution in [2.45, 2.75) is 26.7 Å². The molecular weight excluding hydrogens is 386 g/mol. The number of hydrogen-bond donors (Lipinski definition) is 1. The molecule has 1 aliphatic heterocycles. The molecule has 0 radical (unpaired) electrons. The fourth-order valence-corrected chi connectivity index (χ4v) is 4.18. The molecule has 5 nitrogen and oxygen atoms in total. The van der Waals surface area contributed by atoms with E-state index in [-0.39, 0.29) is 5.91 Å². The van der Waals surface area contributed by atoms with E-state index in [2.05, 4.69) is 42.3 Å².